The van der Waals surface area contributed by atoms with Crippen LogP contribution in [0.3, 0.4) is 0 Å². The number of hydrogen-bond donors (Lipinski definition) is 2. The summed E-state index contributed by atoms with van der Waals surface area (Å²) in [4.78, 5) is 15.0. The molecule has 2 aromatic carbocycles. The molecule has 2 aromatic rings. The summed E-state index contributed by atoms with van der Waals surface area (Å²) in [6.07, 6.45) is 1.02. The van der Waals surface area contributed by atoms with Crippen molar-refractivity contribution in [1.29, 1.82) is 0 Å². The molecule has 1 heterocycles. The van der Waals surface area contributed by atoms with Gasteiger partial charge in [0.1, 0.15) is 0 Å². The number of carbonyl (C=O) groups excluding carboxylic acids is 1. The molecule has 2 N–H and O–H groups in total. The van der Waals surface area contributed by atoms with Crippen LogP contribution >= 0.6 is 11.8 Å². The molecule has 0 spiro atoms. The summed E-state index contributed by atoms with van der Waals surface area (Å²) in [5.74, 6) is 2.37. The van der Waals surface area contributed by atoms with Crippen molar-refractivity contribution in [2.45, 2.75) is 32.9 Å². The lowest BCUT2D eigenvalue weighted by Crippen LogP contribution is -2.33. The molecule has 1 atom stereocenters. The Hall–Kier alpha value is -1.98. The van der Waals surface area contributed by atoms with E-state index >= 15 is 0 Å². The molecule has 5 heteroatoms. The zero-order valence-electron chi connectivity index (χ0n) is 16.2. The van der Waals surface area contributed by atoms with Crippen LogP contribution in [0.2, 0.25) is 0 Å². The molecule has 1 saturated heterocycles. The molecule has 0 aliphatic carbocycles. The monoisotopic (exact) mass is 383 g/mol. The third-order valence-corrected chi connectivity index (χ3v) is 5.94. The maximum absolute atomic E-state index is 12.5. The van der Waals surface area contributed by atoms with Crippen LogP contribution in [0.5, 0.6) is 0 Å². The number of carbonyl (C=O) groups is 1. The number of hydrogen-bond acceptors (Lipinski definition) is 3. The normalized spacial score (nSPS) is 15.9. The second kappa shape index (κ2) is 9.81. The second-order valence-electron chi connectivity index (χ2n) is 6.96. The summed E-state index contributed by atoms with van der Waals surface area (Å²) in [7, 11) is 0. The second-order valence-corrected chi connectivity index (χ2v) is 8.19. The average Bonchev–Trinajstić information content (AvgIpc) is 2.70. The molecule has 0 radical (unpaired) electrons. The fourth-order valence-corrected chi connectivity index (χ4v) is 4.24. The Balaban J connectivity index is 1.59. The number of thioether (sulfide) groups is 1. The number of aryl methyl sites for hydroxylation is 1. The maximum atomic E-state index is 12.5. The van der Waals surface area contributed by atoms with E-state index in [0.717, 1.165) is 37.3 Å². The quantitative estimate of drug-likeness (QED) is 0.761. The zero-order valence-corrected chi connectivity index (χ0v) is 17.0. The standard InChI is InChI=1S/C22H29N3OS/c1-3-18-8-10-19(11-9-18)17(2)23-22(26)24-21-7-5-4-6-20(21)16-25-12-14-27-15-13-25/h4-11,17H,3,12-16H2,1-2H3,(H2,23,24,26). The van der Waals surface area contributed by atoms with E-state index in [2.05, 4.69) is 52.8 Å². The molecule has 2 amide bonds. The van der Waals surface area contributed by atoms with Gasteiger partial charge in [0.05, 0.1) is 6.04 Å². The molecule has 27 heavy (non-hydrogen) atoms. The van der Waals surface area contributed by atoms with Crippen LogP contribution in [0.1, 0.15) is 36.6 Å². The van der Waals surface area contributed by atoms with Crippen molar-refractivity contribution in [3.8, 4) is 0 Å². The summed E-state index contributed by atoms with van der Waals surface area (Å²) < 4.78 is 0. The van der Waals surface area contributed by atoms with E-state index in [-0.39, 0.29) is 12.1 Å². The number of urea groups is 1. The van der Waals surface area contributed by atoms with Crippen molar-refractivity contribution >= 4 is 23.5 Å². The SMILES string of the molecule is CCc1ccc(C(C)NC(=O)Nc2ccccc2CN2CCSCC2)cc1. The lowest BCUT2D eigenvalue weighted by molar-refractivity contribution is 0.249. The van der Waals surface area contributed by atoms with Crippen LogP contribution in [0.25, 0.3) is 0 Å². The highest BCUT2D eigenvalue weighted by Gasteiger charge is 2.15. The van der Waals surface area contributed by atoms with Gasteiger partial charge in [-0.25, -0.2) is 4.79 Å². The molecular weight excluding hydrogens is 354 g/mol. The van der Waals surface area contributed by atoms with Gasteiger partial charge in [-0.05, 0) is 36.1 Å². The van der Waals surface area contributed by atoms with E-state index in [0.29, 0.717) is 0 Å². The molecule has 1 aliphatic rings. The molecule has 1 aliphatic heterocycles. The molecular formula is C22H29N3OS. The van der Waals surface area contributed by atoms with Crippen molar-refractivity contribution < 1.29 is 4.79 Å². The maximum Gasteiger partial charge on any atom is 0.319 e. The van der Waals surface area contributed by atoms with E-state index in [9.17, 15) is 4.79 Å². The molecule has 1 unspecified atom stereocenters. The number of para-hydroxylation sites is 1. The predicted molar refractivity (Wildman–Crippen MR) is 115 cm³/mol. The van der Waals surface area contributed by atoms with Gasteiger partial charge in [0, 0.05) is 36.8 Å². The van der Waals surface area contributed by atoms with Crippen molar-refractivity contribution in [1.82, 2.24) is 10.2 Å². The predicted octanol–water partition coefficient (Wildman–Crippen LogP) is 4.68. The summed E-state index contributed by atoms with van der Waals surface area (Å²) >= 11 is 2.01. The highest BCUT2D eigenvalue weighted by atomic mass is 32.2. The lowest BCUT2D eigenvalue weighted by Gasteiger charge is -2.27. The van der Waals surface area contributed by atoms with Crippen LogP contribution in [0.15, 0.2) is 48.5 Å². The lowest BCUT2D eigenvalue weighted by atomic mass is 10.1. The van der Waals surface area contributed by atoms with E-state index in [1.54, 1.807) is 0 Å². The smallest absolute Gasteiger partial charge is 0.319 e. The van der Waals surface area contributed by atoms with Gasteiger partial charge in [-0.1, -0.05) is 49.4 Å². The Morgan fingerprint density at radius 3 is 2.52 bits per heavy atom. The van der Waals surface area contributed by atoms with E-state index in [1.807, 2.05) is 36.9 Å². The van der Waals surface area contributed by atoms with Crippen LogP contribution in [0.4, 0.5) is 10.5 Å². The molecule has 3 rings (SSSR count). The molecule has 0 bridgehead atoms. The highest BCUT2D eigenvalue weighted by Crippen LogP contribution is 2.20. The van der Waals surface area contributed by atoms with E-state index in [1.165, 1.54) is 22.6 Å². The van der Waals surface area contributed by atoms with Crippen molar-refractivity contribution in [2.24, 2.45) is 0 Å². The first kappa shape index (κ1) is 19.8. The van der Waals surface area contributed by atoms with Crippen molar-refractivity contribution in [3.05, 3.63) is 65.2 Å². The van der Waals surface area contributed by atoms with Gasteiger partial charge in [-0.15, -0.1) is 0 Å². The first-order valence-electron chi connectivity index (χ1n) is 9.70. The number of nitrogens with one attached hydrogen (secondary N) is 2. The topological polar surface area (TPSA) is 44.4 Å². The van der Waals surface area contributed by atoms with Gasteiger partial charge in [0.25, 0.3) is 0 Å². The minimum absolute atomic E-state index is 0.0396. The van der Waals surface area contributed by atoms with Gasteiger partial charge < -0.3 is 10.6 Å². The number of amides is 2. The first-order chi connectivity index (χ1) is 13.2. The van der Waals surface area contributed by atoms with Crippen LogP contribution < -0.4 is 10.6 Å². The average molecular weight is 384 g/mol. The molecule has 0 saturated carbocycles. The Bertz CT molecular complexity index is 741. The highest BCUT2D eigenvalue weighted by molar-refractivity contribution is 7.99. The fraction of sp³-hybridized carbons (Fsp3) is 0.409. The van der Waals surface area contributed by atoms with Crippen LogP contribution in [-0.2, 0) is 13.0 Å². The Morgan fingerprint density at radius 2 is 1.81 bits per heavy atom. The Kier molecular flexibility index (Phi) is 7.18. The molecule has 4 nitrogen and oxygen atoms in total. The number of nitrogens with zero attached hydrogens (tertiary/aromatic N) is 1. The number of benzene rings is 2. The van der Waals surface area contributed by atoms with Crippen molar-refractivity contribution in [2.75, 3.05) is 29.9 Å². The van der Waals surface area contributed by atoms with Gasteiger partial charge in [-0.3, -0.25) is 4.90 Å². The van der Waals surface area contributed by atoms with Gasteiger partial charge >= 0.3 is 6.03 Å². The Labute approximate surface area is 166 Å². The van der Waals surface area contributed by atoms with Crippen LogP contribution in [-0.4, -0.2) is 35.5 Å². The molecule has 0 aromatic heterocycles. The van der Waals surface area contributed by atoms with Gasteiger partial charge in [0.15, 0.2) is 0 Å². The molecule has 144 valence electrons. The third kappa shape index (κ3) is 5.75. The minimum Gasteiger partial charge on any atom is -0.331 e. The number of rotatable bonds is 6. The van der Waals surface area contributed by atoms with E-state index < -0.39 is 0 Å². The summed E-state index contributed by atoms with van der Waals surface area (Å²) in [5.41, 5.74) is 4.48. The van der Waals surface area contributed by atoms with E-state index in [4.69, 9.17) is 0 Å². The first-order valence-corrected chi connectivity index (χ1v) is 10.9. The van der Waals surface area contributed by atoms with Gasteiger partial charge in [0.2, 0.25) is 0 Å². The minimum atomic E-state index is -0.163. The summed E-state index contributed by atoms with van der Waals surface area (Å²) in [6.45, 7) is 7.25. The summed E-state index contributed by atoms with van der Waals surface area (Å²) in [5, 5.41) is 6.09. The van der Waals surface area contributed by atoms with Gasteiger partial charge in [-0.2, -0.15) is 11.8 Å². The van der Waals surface area contributed by atoms with Crippen LogP contribution in [0, 0.1) is 0 Å². The molecule has 1 fully saturated rings. The summed E-state index contributed by atoms with van der Waals surface area (Å²) in [6, 6.07) is 16.3. The Morgan fingerprint density at radius 1 is 1.11 bits per heavy atom. The number of anilines is 1. The zero-order chi connectivity index (χ0) is 19.1. The largest absolute Gasteiger partial charge is 0.331 e. The third-order valence-electron chi connectivity index (χ3n) is 5.00. The van der Waals surface area contributed by atoms with Crippen molar-refractivity contribution in [3.63, 3.8) is 0 Å². The fourth-order valence-electron chi connectivity index (χ4n) is 3.26.